The summed E-state index contributed by atoms with van der Waals surface area (Å²) in [4.78, 5) is 41.3. The van der Waals surface area contributed by atoms with Gasteiger partial charge in [-0.05, 0) is 68.3 Å². The molecule has 2 heterocycles. The Morgan fingerprint density at radius 2 is 1.90 bits per heavy atom. The van der Waals surface area contributed by atoms with Crippen molar-refractivity contribution in [1.29, 1.82) is 5.26 Å². The van der Waals surface area contributed by atoms with Gasteiger partial charge in [0.15, 0.2) is 0 Å². The highest BCUT2D eigenvalue weighted by Crippen LogP contribution is 2.35. The van der Waals surface area contributed by atoms with Crippen LogP contribution < -0.4 is 16.0 Å². The number of anilines is 2. The molecule has 1 aliphatic rings. The molecule has 1 aromatic heterocycles. The zero-order valence-corrected chi connectivity index (χ0v) is 21.7. The molecule has 3 aromatic rings. The molecular weight excluding hydrogens is 501 g/mol. The van der Waals surface area contributed by atoms with Gasteiger partial charge in [-0.3, -0.25) is 14.4 Å². The first-order valence-electron chi connectivity index (χ1n) is 12.3. The quantitative estimate of drug-likeness (QED) is 0.275. The molecule has 200 valence electrons. The van der Waals surface area contributed by atoms with Crippen molar-refractivity contribution in [3.63, 3.8) is 0 Å². The van der Waals surface area contributed by atoms with Crippen LogP contribution in [0.15, 0.2) is 42.5 Å². The van der Waals surface area contributed by atoms with E-state index in [0.717, 1.165) is 5.56 Å². The maximum atomic E-state index is 13.2. The van der Waals surface area contributed by atoms with Crippen LogP contribution in [-0.4, -0.2) is 33.9 Å². The normalized spacial score (nSPS) is 14.8. The Labute approximate surface area is 224 Å². The van der Waals surface area contributed by atoms with Gasteiger partial charge in [-0.15, -0.1) is 0 Å². The molecule has 3 amide bonds. The van der Waals surface area contributed by atoms with Crippen molar-refractivity contribution in [2.75, 3.05) is 10.6 Å². The summed E-state index contributed by atoms with van der Waals surface area (Å²) in [6.45, 7) is 5.35. The summed E-state index contributed by atoms with van der Waals surface area (Å²) in [5.41, 5.74) is 5.04. The van der Waals surface area contributed by atoms with Gasteiger partial charge >= 0.3 is 0 Å². The second-order valence-electron chi connectivity index (χ2n) is 9.45. The van der Waals surface area contributed by atoms with Crippen LogP contribution >= 0.6 is 0 Å². The fourth-order valence-corrected chi connectivity index (χ4v) is 4.42. The van der Waals surface area contributed by atoms with Crippen LogP contribution in [0.1, 0.15) is 64.2 Å². The van der Waals surface area contributed by atoms with Gasteiger partial charge in [0.1, 0.15) is 5.82 Å². The third-order valence-corrected chi connectivity index (χ3v) is 6.56. The highest BCUT2D eigenvalue weighted by atomic mass is 19.1. The number of nitriles is 1. The second kappa shape index (κ2) is 11.3. The fourth-order valence-electron chi connectivity index (χ4n) is 4.42. The average molecular weight is 530 g/mol. The van der Waals surface area contributed by atoms with Crippen LogP contribution in [0.2, 0.25) is 0 Å². The molecule has 0 spiro atoms. The van der Waals surface area contributed by atoms with Gasteiger partial charge < -0.3 is 26.0 Å². The lowest BCUT2D eigenvalue weighted by Gasteiger charge is -2.15. The number of aliphatic hydroxyl groups excluding tert-OH is 1. The molecule has 0 radical (unpaired) electrons. The highest BCUT2D eigenvalue weighted by Gasteiger charge is 2.27. The Balaban J connectivity index is 1.56. The standard InChI is InChI=1S/C29H28FN5O4/c1-15-25(32-17(3)27(15)35-26(37)13-21(36)10-11-31)14-23-22-12-19(6-9-24(22)34-29(23)39)28(38)33-16(2)18-4-7-20(30)8-5-18/h4-9,12,14,16,21,32,36H,10,13H2,1-3H3,(H,33,38)(H,34,39)(H,35,37)/b23-14-/t16-,21+/m1/s1. The number of H-pyrrole nitrogens is 1. The van der Waals surface area contributed by atoms with Crippen LogP contribution in [0.25, 0.3) is 11.6 Å². The van der Waals surface area contributed by atoms with Crippen molar-refractivity contribution in [1.82, 2.24) is 10.3 Å². The van der Waals surface area contributed by atoms with Gasteiger partial charge in [-0.25, -0.2) is 4.39 Å². The monoisotopic (exact) mass is 529 g/mol. The number of fused-ring (bicyclic) bond motifs is 1. The Morgan fingerprint density at radius 3 is 2.59 bits per heavy atom. The maximum Gasteiger partial charge on any atom is 0.256 e. The number of aliphatic hydroxyl groups is 1. The average Bonchev–Trinajstić information content (AvgIpc) is 3.34. The van der Waals surface area contributed by atoms with Gasteiger partial charge in [0, 0.05) is 28.2 Å². The molecule has 0 unspecified atom stereocenters. The molecule has 2 aromatic carbocycles. The summed E-state index contributed by atoms with van der Waals surface area (Å²) in [6, 6.07) is 12.3. The molecule has 0 aliphatic carbocycles. The zero-order valence-electron chi connectivity index (χ0n) is 21.7. The molecule has 39 heavy (non-hydrogen) atoms. The second-order valence-corrected chi connectivity index (χ2v) is 9.45. The summed E-state index contributed by atoms with van der Waals surface area (Å²) in [7, 11) is 0. The first-order chi connectivity index (χ1) is 18.6. The van der Waals surface area contributed by atoms with Crippen molar-refractivity contribution in [3.8, 4) is 6.07 Å². The molecule has 9 nitrogen and oxygen atoms in total. The van der Waals surface area contributed by atoms with E-state index in [1.165, 1.54) is 12.1 Å². The van der Waals surface area contributed by atoms with Gasteiger partial charge in [0.05, 0.1) is 42.3 Å². The van der Waals surface area contributed by atoms with Gasteiger partial charge in [0.2, 0.25) is 5.91 Å². The highest BCUT2D eigenvalue weighted by molar-refractivity contribution is 6.35. The van der Waals surface area contributed by atoms with E-state index < -0.39 is 12.0 Å². The SMILES string of the molecule is Cc1[nH]c(/C=C2\C(=O)Nc3ccc(C(=O)N[C@H](C)c4ccc(F)cc4)cc32)c(C)c1NC(=O)C[C@@H](O)CC#N. The lowest BCUT2D eigenvalue weighted by Crippen LogP contribution is -2.26. The van der Waals surface area contributed by atoms with Crippen molar-refractivity contribution < 1.29 is 23.9 Å². The maximum absolute atomic E-state index is 13.2. The third kappa shape index (κ3) is 6.05. The third-order valence-electron chi connectivity index (χ3n) is 6.56. The van der Waals surface area contributed by atoms with Crippen LogP contribution in [0.4, 0.5) is 15.8 Å². The molecular formula is C29H28FN5O4. The van der Waals surface area contributed by atoms with E-state index >= 15 is 0 Å². The number of nitrogens with zero attached hydrogens (tertiary/aromatic N) is 1. The number of hydrogen-bond donors (Lipinski definition) is 5. The molecule has 1 aliphatic heterocycles. The van der Waals surface area contributed by atoms with Gasteiger partial charge in [-0.2, -0.15) is 5.26 Å². The number of amides is 3. The topological polar surface area (TPSA) is 147 Å². The number of hydrogen-bond acceptors (Lipinski definition) is 5. The summed E-state index contributed by atoms with van der Waals surface area (Å²) < 4.78 is 13.2. The smallest absolute Gasteiger partial charge is 0.256 e. The molecule has 4 rings (SSSR count). The number of rotatable bonds is 8. The Kier molecular flexibility index (Phi) is 7.93. The Bertz CT molecular complexity index is 1520. The molecule has 0 saturated carbocycles. The molecule has 10 heteroatoms. The molecule has 0 saturated heterocycles. The number of carbonyl (C=O) groups excluding carboxylic acids is 3. The number of carbonyl (C=O) groups is 3. The molecule has 0 bridgehead atoms. The number of halogens is 1. The van der Waals surface area contributed by atoms with Crippen molar-refractivity contribution in [2.45, 2.75) is 45.8 Å². The first-order valence-corrected chi connectivity index (χ1v) is 12.3. The summed E-state index contributed by atoms with van der Waals surface area (Å²) >= 11 is 0. The zero-order chi connectivity index (χ0) is 28.3. The van der Waals surface area contributed by atoms with Crippen LogP contribution in [0.3, 0.4) is 0 Å². The summed E-state index contributed by atoms with van der Waals surface area (Å²) in [5.74, 6) is -1.47. The van der Waals surface area contributed by atoms with E-state index in [2.05, 4.69) is 20.9 Å². The van der Waals surface area contributed by atoms with Crippen molar-refractivity contribution in [2.24, 2.45) is 0 Å². The molecule has 2 atom stereocenters. The van der Waals surface area contributed by atoms with Gasteiger partial charge in [-0.1, -0.05) is 12.1 Å². The van der Waals surface area contributed by atoms with Crippen LogP contribution in [0.5, 0.6) is 0 Å². The van der Waals surface area contributed by atoms with E-state index in [1.807, 2.05) is 6.07 Å². The van der Waals surface area contributed by atoms with Crippen LogP contribution in [-0.2, 0) is 9.59 Å². The van der Waals surface area contributed by atoms with E-state index in [4.69, 9.17) is 5.26 Å². The van der Waals surface area contributed by atoms with Crippen molar-refractivity contribution >= 4 is 40.7 Å². The van der Waals surface area contributed by atoms with Crippen molar-refractivity contribution in [3.05, 3.63) is 81.9 Å². The lowest BCUT2D eigenvalue weighted by atomic mass is 10.0. The number of aromatic nitrogens is 1. The fraction of sp³-hybridized carbons (Fsp3) is 0.241. The number of nitrogens with one attached hydrogen (secondary N) is 4. The predicted molar refractivity (Wildman–Crippen MR) is 145 cm³/mol. The molecule has 5 N–H and O–H groups in total. The minimum atomic E-state index is -1.06. The van der Waals surface area contributed by atoms with E-state index in [0.29, 0.717) is 45.0 Å². The number of aromatic amines is 1. The number of aryl methyl sites for hydroxylation is 1. The van der Waals surface area contributed by atoms with E-state index in [-0.39, 0.29) is 36.5 Å². The Hall–Kier alpha value is -4.75. The summed E-state index contributed by atoms with van der Waals surface area (Å²) in [5, 5.41) is 26.9. The van der Waals surface area contributed by atoms with Gasteiger partial charge in [0.25, 0.3) is 11.8 Å². The minimum Gasteiger partial charge on any atom is -0.392 e. The van der Waals surface area contributed by atoms with E-state index in [1.54, 1.807) is 57.2 Å². The van der Waals surface area contributed by atoms with Crippen LogP contribution in [0, 0.1) is 31.0 Å². The first kappa shape index (κ1) is 27.3. The molecule has 0 fully saturated rings. The lowest BCUT2D eigenvalue weighted by molar-refractivity contribution is -0.118. The summed E-state index contributed by atoms with van der Waals surface area (Å²) in [6.07, 6.45) is 0.246. The minimum absolute atomic E-state index is 0.143. The Morgan fingerprint density at radius 1 is 1.18 bits per heavy atom. The number of benzene rings is 2. The predicted octanol–water partition coefficient (Wildman–Crippen LogP) is 4.36. The van der Waals surface area contributed by atoms with E-state index in [9.17, 15) is 23.9 Å². The largest absolute Gasteiger partial charge is 0.392 e.